The van der Waals surface area contributed by atoms with Gasteiger partial charge in [0.05, 0.1) is 22.0 Å². The molecule has 2 rings (SSSR count). The molecule has 0 fully saturated rings. The first-order valence-corrected chi connectivity index (χ1v) is 7.64. The van der Waals surface area contributed by atoms with Gasteiger partial charge in [0.2, 0.25) is 0 Å². The zero-order valence-electron chi connectivity index (χ0n) is 10.7. The monoisotopic (exact) mass is 325 g/mol. The molecule has 0 aliphatic rings. The standard InChI is InChI=1S/C13H12ClN3O3S/c14-9-5-3-6-10(15)12(9)21(19,20)17-11-7-2-1-4-8(11)13(16)18/h1-7,17H,15H2,(H2,16,18). The molecule has 6 nitrogen and oxygen atoms in total. The second-order valence-electron chi connectivity index (χ2n) is 4.17. The van der Waals surface area contributed by atoms with Crippen LogP contribution in [0.4, 0.5) is 11.4 Å². The zero-order chi connectivity index (χ0) is 15.6. The first kappa shape index (κ1) is 15.1. The molecule has 2 aromatic carbocycles. The number of sulfonamides is 1. The Bertz CT molecular complexity index is 786. The van der Waals surface area contributed by atoms with Crippen LogP contribution in [0.1, 0.15) is 10.4 Å². The number of hydrogen-bond acceptors (Lipinski definition) is 4. The van der Waals surface area contributed by atoms with Crippen LogP contribution in [0.3, 0.4) is 0 Å². The second kappa shape index (κ2) is 5.63. The number of para-hydroxylation sites is 1. The van der Waals surface area contributed by atoms with Gasteiger partial charge in [-0.2, -0.15) is 0 Å². The maximum atomic E-state index is 12.4. The number of nitrogens with two attached hydrogens (primary N) is 2. The largest absolute Gasteiger partial charge is 0.398 e. The summed E-state index contributed by atoms with van der Waals surface area (Å²) in [5.41, 5.74) is 11.0. The quantitative estimate of drug-likeness (QED) is 0.743. The van der Waals surface area contributed by atoms with Crippen LogP contribution in [-0.2, 0) is 10.0 Å². The maximum absolute atomic E-state index is 12.4. The average Bonchev–Trinajstić information content (AvgIpc) is 2.37. The third kappa shape index (κ3) is 3.09. The van der Waals surface area contributed by atoms with Crippen molar-refractivity contribution in [1.29, 1.82) is 0 Å². The minimum absolute atomic E-state index is 0.00607. The fourth-order valence-electron chi connectivity index (χ4n) is 1.79. The topological polar surface area (TPSA) is 115 Å². The number of benzene rings is 2. The van der Waals surface area contributed by atoms with Gasteiger partial charge in [-0.25, -0.2) is 8.42 Å². The van der Waals surface area contributed by atoms with E-state index in [1.54, 1.807) is 12.1 Å². The number of primary amides is 1. The van der Waals surface area contributed by atoms with E-state index in [1.807, 2.05) is 0 Å². The van der Waals surface area contributed by atoms with Crippen LogP contribution in [0.25, 0.3) is 0 Å². The number of nitrogen functional groups attached to an aromatic ring is 1. The molecule has 0 aromatic heterocycles. The van der Waals surface area contributed by atoms with E-state index < -0.39 is 15.9 Å². The van der Waals surface area contributed by atoms with Crippen molar-refractivity contribution < 1.29 is 13.2 Å². The first-order chi connectivity index (χ1) is 9.83. The van der Waals surface area contributed by atoms with Gasteiger partial charge in [-0.05, 0) is 24.3 Å². The highest BCUT2D eigenvalue weighted by Crippen LogP contribution is 2.29. The highest BCUT2D eigenvalue weighted by Gasteiger charge is 2.22. The molecule has 0 saturated heterocycles. The number of nitrogens with one attached hydrogen (secondary N) is 1. The Kier molecular flexibility index (Phi) is 4.06. The Morgan fingerprint density at radius 2 is 1.76 bits per heavy atom. The van der Waals surface area contributed by atoms with Crippen molar-refractivity contribution in [2.45, 2.75) is 4.90 Å². The van der Waals surface area contributed by atoms with Crippen molar-refractivity contribution in [3.05, 3.63) is 53.1 Å². The molecule has 0 unspecified atom stereocenters. The third-order valence-electron chi connectivity index (χ3n) is 2.70. The summed E-state index contributed by atoms with van der Waals surface area (Å²) in [6, 6.07) is 10.3. The van der Waals surface area contributed by atoms with Gasteiger partial charge < -0.3 is 11.5 Å². The minimum atomic E-state index is -4.05. The Morgan fingerprint density at radius 3 is 2.38 bits per heavy atom. The number of amides is 1. The van der Waals surface area contributed by atoms with Crippen LogP contribution in [0.2, 0.25) is 5.02 Å². The number of carbonyl (C=O) groups excluding carboxylic acids is 1. The summed E-state index contributed by atoms with van der Waals surface area (Å²) >= 11 is 5.89. The van der Waals surface area contributed by atoms with Crippen LogP contribution >= 0.6 is 11.6 Å². The predicted octanol–water partition coefficient (Wildman–Crippen LogP) is 1.82. The zero-order valence-corrected chi connectivity index (χ0v) is 12.3. The van der Waals surface area contributed by atoms with Crippen LogP contribution in [-0.4, -0.2) is 14.3 Å². The van der Waals surface area contributed by atoms with Gasteiger partial charge >= 0.3 is 0 Å². The van der Waals surface area contributed by atoms with Crippen LogP contribution in [0.5, 0.6) is 0 Å². The van der Waals surface area contributed by atoms with Crippen LogP contribution in [0, 0.1) is 0 Å². The lowest BCUT2D eigenvalue weighted by molar-refractivity contribution is 0.100. The number of rotatable bonds is 4. The normalized spacial score (nSPS) is 11.1. The van der Waals surface area contributed by atoms with E-state index >= 15 is 0 Å². The average molecular weight is 326 g/mol. The van der Waals surface area contributed by atoms with E-state index in [1.165, 1.54) is 30.3 Å². The van der Waals surface area contributed by atoms with E-state index in [-0.39, 0.29) is 26.9 Å². The van der Waals surface area contributed by atoms with Crippen molar-refractivity contribution in [2.75, 3.05) is 10.5 Å². The summed E-state index contributed by atoms with van der Waals surface area (Å²) in [5, 5.41) is -0.0148. The molecule has 0 saturated carbocycles. The highest BCUT2D eigenvalue weighted by atomic mass is 35.5. The van der Waals surface area contributed by atoms with E-state index in [0.29, 0.717) is 0 Å². The lowest BCUT2D eigenvalue weighted by Gasteiger charge is -2.13. The summed E-state index contributed by atoms with van der Waals surface area (Å²) in [7, 11) is -4.05. The molecular formula is C13H12ClN3O3S. The highest BCUT2D eigenvalue weighted by molar-refractivity contribution is 7.93. The van der Waals surface area contributed by atoms with Gasteiger partial charge in [0.1, 0.15) is 4.90 Å². The summed E-state index contributed by atoms with van der Waals surface area (Å²) in [4.78, 5) is 11.1. The van der Waals surface area contributed by atoms with Crippen LogP contribution in [0.15, 0.2) is 47.4 Å². The Hall–Kier alpha value is -2.25. The van der Waals surface area contributed by atoms with E-state index in [2.05, 4.69) is 4.72 Å². The molecule has 110 valence electrons. The van der Waals surface area contributed by atoms with Gasteiger partial charge in [-0.15, -0.1) is 0 Å². The molecule has 0 aliphatic carbocycles. The molecule has 0 spiro atoms. The van der Waals surface area contributed by atoms with Gasteiger partial charge in [0.25, 0.3) is 15.9 Å². The van der Waals surface area contributed by atoms with Gasteiger partial charge in [0.15, 0.2) is 0 Å². The fourth-order valence-corrected chi connectivity index (χ4v) is 3.55. The summed E-state index contributed by atoms with van der Waals surface area (Å²) < 4.78 is 27.1. The molecule has 8 heteroatoms. The van der Waals surface area contributed by atoms with Crippen molar-refractivity contribution in [2.24, 2.45) is 5.73 Å². The smallest absolute Gasteiger partial charge is 0.265 e. The maximum Gasteiger partial charge on any atom is 0.265 e. The van der Waals surface area contributed by atoms with Gasteiger partial charge in [0, 0.05) is 0 Å². The molecule has 1 amide bonds. The fraction of sp³-hybridized carbons (Fsp3) is 0. The number of halogens is 1. The molecule has 0 atom stereocenters. The molecule has 5 N–H and O–H groups in total. The summed E-state index contributed by atoms with van der Waals surface area (Å²) in [6.07, 6.45) is 0. The molecule has 0 bridgehead atoms. The predicted molar refractivity (Wildman–Crippen MR) is 81.6 cm³/mol. The van der Waals surface area contributed by atoms with Crippen molar-refractivity contribution in [3.63, 3.8) is 0 Å². The summed E-state index contributed by atoms with van der Waals surface area (Å²) in [6.45, 7) is 0. The SMILES string of the molecule is NC(=O)c1ccccc1NS(=O)(=O)c1c(N)cccc1Cl. The number of carbonyl (C=O) groups is 1. The Morgan fingerprint density at radius 1 is 1.10 bits per heavy atom. The van der Waals surface area contributed by atoms with E-state index in [9.17, 15) is 13.2 Å². The van der Waals surface area contributed by atoms with Crippen molar-refractivity contribution in [3.8, 4) is 0 Å². The van der Waals surface area contributed by atoms with Crippen molar-refractivity contribution >= 4 is 38.9 Å². The molecule has 21 heavy (non-hydrogen) atoms. The molecule has 0 aliphatic heterocycles. The third-order valence-corrected chi connectivity index (χ3v) is 4.61. The minimum Gasteiger partial charge on any atom is -0.398 e. The first-order valence-electron chi connectivity index (χ1n) is 5.78. The molecular weight excluding hydrogens is 314 g/mol. The Balaban J connectivity index is 2.51. The van der Waals surface area contributed by atoms with Crippen LogP contribution < -0.4 is 16.2 Å². The summed E-state index contributed by atoms with van der Waals surface area (Å²) in [5.74, 6) is -0.750. The molecule has 2 aromatic rings. The Labute approximate surface area is 126 Å². The van der Waals surface area contributed by atoms with Gasteiger partial charge in [-0.3, -0.25) is 9.52 Å². The molecule has 0 radical (unpaired) electrons. The number of anilines is 2. The second-order valence-corrected chi connectivity index (χ2v) is 6.20. The molecule has 0 heterocycles. The van der Waals surface area contributed by atoms with E-state index in [4.69, 9.17) is 23.1 Å². The van der Waals surface area contributed by atoms with Crippen molar-refractivity contribution in [1.82, 2.24) is 0 Å². The number of hydrogen-bond donors (Lipinski definition) is 3. The lowest BCUT2D eigenvalue weighted by Crippen LogP contribution is -2.19. The van der Waals surface area contributed by atoms with E-state index in [0.717, 1.165) is 0 Å². The lowest BCUT2D eigenvalue weighted by atomic mass is 10.2. The van der Waals surface area contributed by atoms with Gasteiger partial charge in [-0.1, -0.05) is 29.8 Å².